The van der Waals surface area contributed by atoms with Gasteiger partial charge in [0.2, 0.25) is 0 Å². The van der Waals surface area contributed by atoms with Gasteiger partial charge in [0.05, 0.1) is 11.8 Å². The van der Waals surface area contributed by atoms with Gasteiger partial charge in [-0.3, -0.25) is 9.78 Å². The van der Waals surface area contributed by atoms with Crippen LogP contribution in [0.2, 0.25) is 0 Å². The zero-order chi connectivity index (χ0) is 15.2. The Morgan fingerprint density at radius 1 is 1.38 bits per heavy atom. The van der Waals surface area contributed by atoms with Gasteiger partial charge in [0, 0.05) is 22.9 Å². The zero-order valence-corrected chi connectivity index (χ0v) is 13.0. The molecule has 2 rings (SSSR count). The lowest BCUT2D eigenvalue weighted by Crippen LogP contribution is -2.09. The van der Waals surface area contributed by atoms with Crippen LogP contribution in [0.1, 0.15) is 44.2 Å². The van der Waals surface area contributed by atoms with Crippen molar-refractivity contribution in [1.82, 2.24) is 15.0 Å². The molecule has 0 amide bonds. The highest BCUT2D eigenvalue weighted by atomic mass is 32.2. The number of aliphatic hydroxyl groups is 1. The average molecular weight is 305 g/mol. The third-order valence-corrected chi connectivity index (χ3v) is 3.84. The first-order valence-corrected chi connectivity index (χ1v) is 7.86. The van der Waals surface area contributed by atoms with Crippen molar-refractivity contribution in [2.75, 3.05) is 0 Å². The highest BCUT2D eigenvalue weighted by Crippen LogP contribution is 2.24. The molecule has 0 fully saturated rings. The Labute approximate surface area is 127 Å². The molecule has 2 heterocycles. The molecular formula is C15H19N3O2S. The van der Waals surface area contributed by atoms with Crippen LogP contribution < -0.4 is 5.56 Å². The molecule has 2 aromatic rings. The van der Waals surface area contributed by atoms with E-state index in [0.29, 0.717) is 17.3 Å². The van der Waals surface area contributed by atoms with Crippen LogP contribution in [0.3, 0.4) is 0 Å². The largest absolute Gasteiger partial charge is 0.387 e. The number of nitrogens with one attached hydrogen (secondary N) is 1. The standard InChI is InChI=1S/C15H19N3O2S/c1-3-5-10-8-14(20)18-15(17-10)21-11-6-7-12(16-9-11)13(19)4-2/h6-9,13,19H,3-5H2,1-2H3,(H,17,18,20)/t13-/m1/s1. The molecule has 2 aromatic heterocycles. The SMILES string of the molecule is CCCc1cc(=O)[nH]c(Sc2ccc([C@H](O)CC)nc2)n1. The molecule has 0 aromatic carbocycles. The van der Waals surface area contributed by atoms with Crippen molar-refractivity contribution in [2.45, 2.75) is 49.3 Å². The molecule has 0 saturated carbocycles. The summed E-state index contributed by atoms with van der Waals surface area (Å²) in [5.74, 6) is 0. The molecule has 0 aliphatic rings. The van der Waals surface area contributed by atoms with Crippen molar-refractivity contribution >= 4 is 11.8 Å². The van der Waals surface area contributed by atoms with E-state index < -0.39 is 6.10 Å². The van der Waals surface area contributed by atoms with Crippen LogP contribution in [0, 0.1) is 0 Å². The average Bonchev–Trinajstić information content (AvgIpc) is 2.47. The summed E-state index contributed by atoms with van der Waals surface area (Å²) in [5.41, 5.74) is 1.32. The number of nitrogens with zero attached hydrogens (tertiary/aromatic N) is 2. The third kappa shape index (κ3) is 4.41. The topological polar surface area (TPSA) is 78.9 Å². The molecule has 0 aliphatic heterocycles. The minimum Gasteiger partial charge on any atom is -0.387 e. The molecule has 1 atom stereocenters. The first-order valence-electron chi connectivity index (χ1n) is 7.04. The Hall–Kier alpha value is -1.66. The molecule has 0 radical (unpaired) electrons. The second-order valence-electron chi connectivity index (χ2n) is 4.74. The first kappa shape index (κ1) is 15.7. The third-order valence-electron chi connectivity index (χ3n) is 2.98. The van der Waals surface area contributed by atoms with E-state index in [2.05, 4.69) is 21.9 Å². The summed E-state index contributed by atoms with van der Waals surface area (Å²) >= 11 is 1.36. The van der Waals surface area contributed by atoms with E-state index in [1.165, 1.54) is 17.8 Å². The highest BCUT2D eigenvalue weighted by Gasteiger charge is 2.08. The Balaban J connectivity index is 2.16. The summed E-state index contributed by atoms with van der Waals surface area (Å²) in [5, 5.41) is 10.3. The molecule has 0 saturated heterocycles. The molecule has 0 spiro atoms. The fourth-order valence-corrected chi connectivity index (χ4v) is 2.67. The second-order valence-corrected chi connectivity index (χ2v) is 5.80. The van der Waals surface area contributed by atoms with Crippen molar-refractivity contribution in [3.8, 4) is 0 Å². The monoisotopic (exact) mass is 305 g/mol. The normalized spacial score (nSPS) is 12.3. The van der Waals surface area contributed by atoms with Gasteiger partial charge < -0.3 is 10.1 Å². The van der Waals surface area contributed by atoms with Crippen LogP contribution >= 0.6 is 11.8 Å². The molecule has 2 N–H and O–H groups in total. The van der Waals surface area contributed by atoms with Crippen LogP contribution in [0.4, 0.5) is 0 Å². The molecule has 5 nitrogen and oxygen atoms in total. The number of rotatable bonds is 6. The van der Waals surface area contributed by atoms with Gasteiger partial charge in [0.15, 0.2) is 5.16 Å². The minimum absolute atomic E-state index is 0.137. The minimum atomic E-state index is -0.533. The Morgan fingerprint density at radius 2 is 2.19 bits per heavy atom. The number of hydrogen-bond donors (Lipinski definition) is 2. The predicted molar refractivity (Wildman–Crippen MR) is 82.5 cm³/mol. The van der Waals surface area contributed by atoms with E-state index in [1.807, 2.05) is 13.0 Å². The van der Waals surface area contributed by atoms with Gasteiger partial charge in [0.25, 0.3) is 5.56 Å². The maximum absolute atomic E-state index is 11.6. The summed E-state index contributed by atoms with van der Waals surface area (Å²) in [6.45, 7) is 3.96. The molecule has 112 valence electrons. The fourth-order valence-electron chi connectivity index (χ4n) is 1.89. The summed E-state index contributed by atoms with van der Waals surface area (Å²) in [6.07, 6.45) is 3.52. The molecule has 0 unspecified atom stereocenters. The molecule has 21 heavy (non-hydrogen) atoms. The van der Waals surface area contributed by atoms with Gasteiger partial charge in [-0.1, -0.05) is 32.0 Å². The Kier molecular flexibility index (Phi) is 5.52. The van der Waals surface area contributed by atoms with E-state index in [9.17, 15) is 9.90 Å². The summed E-state index contributed by atoms with van der Waals surface area (Å²) in [4.78, 5) is 23.9. The highest BCUT2D eigenvalue weighted by molar-refractivity contribution is 7.99. The van der Waals surface area contributed by atoms with E-state index >= 15 is 0 Å². The van der Waals surface area contributed by atoms with E-state index in [1.54, 1.807) is 12.3 Å². The maximum atomic E-state index is 11.6. The van der Waals surface area contributed by atoms with Crippen molar-refractivity contribution in [2.24, 2.45) is 0 Å². The number of aromatic amines is 1. The quantitative estimate of drug-likeness (QED) is 0.802. The molecule has 6 heteroatoms. The van der Waals surface area contributed by atoms with Crippen molar-refractivity contribution in [1.29, 1.82) is 0 Å². The number of hydrogen-bond acceptors (Lipinski definition) is 5. The van der Waals surface area contributed by atoms with Gasteiger partial charge in [-0.25, -0.2) is 4.98 Å². The van der Waals surface area contributed by atoms with Crippen molar-refractivity contribution in [3.05, 3.63) is 46.1 Å². The van der Waals surface area contributed by atoms with Crippen LogP contribution in [-0.2, 0) is 6.42 Å². The number of aromatic nitrogens is 3. The number of aliphatic hydroxyl groups excluding tert-OH is 1. The molecule has 0 aliphatic carbocycles. The van der Waals surface area contributed by atoms with E-state index in [4.69, 9.17) is 0 Å². The first-order chi connectivity index (χ1) is 10.1. The van der Waals surface area contributed by atoms with E-state index in [0.717, 1.165) is 23.4 Å². The number of H-pyrrole nitrogens is 1. The maximum Gasteiger partial charge on any atom is 0.251 e. The lowest BCUT2D eigenvalue weighted by atomic mass is 10.2. The summed E-state index contributed by atoms with van der Waals surface area (Å²) in [6, 6.07) is 5.20. The van der Waals surface area contributed by atoms with Gasteiger partial charge in [-0.2, -0.15) is 0 Å². The second kappa shape index (κ2) is 7.38. The van der Waals surface area contributed by atoms with E-state index in [-0.39, 0.29) is 5.56 Å². The zero-order valence-electron chi connectivity index (χ0n) is 12.2. The van der Waals surface area contributed by atoms with Gasteiger partial charge in [0.1, 0.15) is 0 Å². The van der Waals surface area contributed by atoms with Crippen molar-refractivity contribution in [3.63, 3.8) is 0 Å². The fraction of sp³-hybridized carbons (Fsp3) is 0.400. The number of pyridine rings is 1. The number of aryl methyl sites for hydroxylation is 1. The van der Waals surface area contributed by atoms with Crippen LogP contribution in [0.25, 0.3) is 0 Å². The van der Waals surface area contributed by atoms with Crippen LogP contribution in [-0.4, -0.2) is 20.1 Å². The van der Waals surface area contributed by atoms with Crippen LogP contribution in [0.15, 0.2) is 39.2 Å². The van der Waals surface area contributed by atoms with Gasteiger partial charge >= 0.3 is 0 Å². The predicted octanol–water partition coefficient (Wildman–Crippen LogP) is 2.71. The Morgan fingerprint density at radius 3 is 2.81 bits per heavy atom. The van der Waals surface area contributed by atoms with Gasteiger partial charge in [-0.15, -0.1) is 0 Å². The smallest absolute Gasteiger partial charge is 0.251 e. The summed E-state index contributed by atoms with van der Waals surface area (Å²) < 4.78 is 0. The Bertz CT molecular complexity index is 640. The molecular weight excluding hydrogens is 286 g/mol. The lowest BCUT2D eigenvalue weighted by Gasteiger charge is -2.07. The molecule has 0 bridgehead atoms. The van der Waals surface area contributed by atoms with Crippen LogP contribution in [0.5, 0.6) is 0 Å². The lowest BCUT2D eigenvalue weighted by molar-refractivity contribution is 0.169. The van der Waals surface area contributed by atoms with Gasteiger partial charge in [-0.05, 0) is 25.0 Å². The summed E-state index contributed by atoms with van der Waals surface area (Å²) in [7, 11) is 0. The van der Waals surface area contributed by atoms with Crippen molar-refractivity contribution < 1.29 is 5.11 Å².